The van der Waals surface area contributed by atoms with Gasteiger partial charge in [0.25, 0.3) is 0 Å². The van der Waals surface area contributed by atoms with Gasteiger partial charge in [0, 0.05) is 26.1 Å². The molecule has 1 rings (SSSR count). The zero-order valence-corrected chi connectivity index (χ0v) is 12.0. The minimum Gasteiger partial charge on any atom is -0.481 e. The fourth-order valence-corrected chi connectivity index (χ4v) is 2.18. The van der Waals surface area contributed by atoms with E-state index in [-0.39, 0.29) is 24.3 Å². The molecule has 1 aliphatic heterocycles. The molecule has 3 amide bonds. The highest BCUT2D eigenvalue weighted by atomic mass is 16.4. The zero-order chi connectivity index (χ0) is 15.3. The molecule has 114 valence electrons. The van der Waals surface area contributed by atoms with E-state index in [2.05, 4.69) is 5.32 Å². The van der Waals surface area contributed by atoms with Gasteiger partial charge in [0.15, 0.2) is 0 Å². The van der Waals surface area contributed by atoms with Crippen molar-refractivity contribution in [3.63, 3.8) is 0 Å². The molecule has 1 saturated heterocycles. The number of nitrogens with two attached hydrogens (primary N) is 1. The standard InChI is InChI=1S/C13H23N3O4/c1-9(3-4-10(17)18)7-15-12(20)16-6-5-13(2,8-16)11(14)19/h9H,3-8H2,1-2H3,(H2,14,19)(H,15,20)(H,17,18). The molecule has 0 radical (unpaired) electrons. The van der Waals surface area contributed by atoms with Gasteiger partial charge in [-0.2, -0.15) is 0 Å². The van der Waals surface area contributed by atoms with Gasteiger partial charge in [-0.3, -0.25) is 9.59 Å². The normalized spacial score (nSPS) is 23.4. The van der Waals surface area contributed by atoms with Gasteiger partial charge < -0.3 is 21.1 Å². The molecule has 2 unspecified atom stereocenters. The van der Waals surface area contributed by atoms with E-state index in [4.69, 9.17) is 10.8 Å². The maximum Gasteiger partial charge on any atom is 0.317 e. The summed E-state index contributed by atoms with van der Waals surface area (Å²) in [6.45, 7) is 4.92. The Hall–Kier alpha value is -1.79. The van der Waals surface area contributed by atoms with Crippen LogP contribution in [0.5, 0.6) is 0 Å². The summed E-state index contributed by atoms with van der Waals surface area (Å²) in [5.74, 6) is -1.12. The van der Waals surface area contributed by atoms with Crippen molar-refractivity contribution < 1.29 is 19.5 Å². The SMILES string of the molecule is CC(CCC(=O)O)CNC(=O)N1CCC(C)(C(N)=O)C1. The van der Waals surface area contributed by atoms with Crippen molar-refractivity contribution in [2.45, 2.75) is 33.1 Å². The van der Waals surface area contributed by atoms with E-state index in [9.17, 15) is 14.4 Å². The predicted octanol–water partition coefficient (Wildman–Crippen LogP) is 0.394. The van der Waals surface area contributed by atoms with Gasteiger partial charge in [0.05, 0.1) is 5.41 Å². The molecule has 7 nitrogen and oxygen atoms in total. The van der Waals surface area contributed by atoms with E-state index >= 15 is 0 Å². The van der Waals surface area contributed by atoms with Crippen LogP contribution in [-0.2, 0) is 9.59 Å². The average molecular weight is 285 g/mol. The summed E-state index contributed by atoms with van der Waals surface area (Å²) >= 11 is 0. The molecular formula is C13H23N3O4. The maximum absolute atomic E-state index is 11.9. The number of carbonyl (C=O) groups is 3. The second kappa shape index (κ2) is 6.58. The molecule has 1 aliphatic rings. The number of carboxylic acid groups (broad SMARTS) is 1. The smallest absolute Gasteiger partial charge is 0.317 e. The molecule has 2 atom stereocenters. The highest BCUT2D eigenvalue weighted by Crippen LogP contribution is 2.29. The van der Waals surface area contributed by atoms with Gasteiger partial charge in [0.1, 0.15) is 0 Å². The number of likely N-dealkylation sites (tertiary alicyclic amines) is 1. The summed E-state index contributed by atoms with van der Waals surface area (Å²) < 4.78 is 0. The highest BCUT2D eigenvalue weighted by Gasteiger charge is 2.40. The van der Waals surface area contributed by atoms with Crippen LogP contribution in [0.4, 0.5) is 4.79 Å². The lowest BCUT2D eigenvalue weighted by Crippen LogP contribution is -2.43. The van der Waals surface area contributed by atoms with E-state index in [0.717, 1.165) is 0 Å². The van der Waals surface area contributed by atoms with Crippen molar-refractivity contribution in [1.82, 2.24) is 10.2 Å². The topological polar surface area (TPSA) is 113 Å². The quantitative estimate of drug-likeness (QED) is 0.655. The van der Waals surface area contributed by atoms with Crippen LogP contribution in [0.2, 0.25) is 0 Å². The summed E-state index contributed by atoms with van der Waals surface area (Å²) in [4.78, 5) is 35.3. The molecule has 1 fully saturated rings. The van der Waals surface area contributed by atoms with Gasteiger partial charge in [-0.05, 0) is 25.7 Å². The first-order valence-corrected chi connectivity index (χ1v) is 6.79. The molecule has 0 saturated carbocycles. The molecular weight excluding hydrogens is 262 g/mol. The first kappa shape index (κ1) is 16.3. The number of hydrogen-bond acceptors (Lipinski definition) is 3. The Bertz CT molecular complexity index is 399. The molecule has 0 aromatic carbocycles. The number of rotatable bonds is 6. The fraction of sp³-hybridized carbons (Fsp3) is 0.769. The van der Waals surface area contributed by atoms with Crippen molar-refractivity contribution in [1.29, 1.82) is 0 Å². The van der Waals surface area contributed by atoms with Gasteiger partial charge >= 0.3 is 12.0 Å². The predicted molar refractivity (Wildman–Crippen MR) is 72.9 cm³/mol. The van der Waals surface area contributed by atoms with Crippen molar-refractivity contribution in [2.75, 3.05) is 19.6 Å². The summed E-state index contributed by atoms with van der Waals surface area (Å²) in [5, 5.41) is 11.3. The second-order valence-corrected chi connectivity index (χ2v) is 5.82. The third-order valence-electron chi connectivity index (χ3n) is 3.81. The van der Waals surface area contributed by atoms with Gasteiger partial charge in [0.2, 0.25) is 5.91 Å². The Balaban J connectivity index is 2.34. The lowest BCUT2D eigenvalue weighted by Gasteiger charge is -2.22. The Morgan fingerprint density at radius 3 is 2.60 bits per heavy atom. The van der Waals surface area contributed by atoms with Crippen LogP contribution in [0, 0.1) is 11.3 Å². The van der Waals surface area contributed by atoms with Crippen molar-refractivity contribution in [3.05, 3.63) is 0 Å². The van der Waals surface area contributed by atoms with Gasteiger partial charge in [-0.25, -0.2) is 4.79 Å². The molecule has 20 heavy (non-hydrogen) atoms. The number of aliphatic carboxylic acids is 1. The van der Waals surface area contributed by atoms with E-state index in [0.29, 0.717) is 32.5 Å². The number of nitrogens with zero attached hydrogens (tertiary/aromatic N) is 1. The Kier molecular flexibility index (Phi) is 5.35. The lowest BCUT2D eigenvalue weighted by atomic mass is 9.89. The van der Waals surface area contributed by atoms with Crippen LogP contribution in [0.25, 0.3) is 0 Å². The Morgan fingerprint density at radius 2 is 2.10 bits per heavy atom. The van der Waals surface area contributed by atoms with Crippen LogP contribution in [0.1, 0.15) is 33.1 Å². The van der Waals surface area contributed by atoms with E-state index < -0.39 is 11.4 Å². The highest BCUT2D eigenvalue weighted by molar-refractivity contribution is 5.83. The van der Waals surface area contributed by atoms with Crippen LogP contribution < -0.4 is 11.1 Å². The van der Waals surface area contributed by atoms with Crippen LogP contribution in [0.3, 0.4) is 0 Å². The third kappa shape index (κ3) is 4.40. The summed E-state index contributed by atoms with van der Waals surface area (Å²) in [6, 6.07) is -0.225. The minimum atomic E-state index is -0.833. The average Bonchev–Trinajstić information content (AvgIpc) is 2.77. The van der Waals surface area contributed by atoms with E-state index in [1.807, 2.05) is 6.92 Å². The molecule has 4 N–H and O–H groups in total. The monoisotopic (exact) mass is 285 g/mol. The number of nitrogens with one attached hydrogen (secondary N) is 1. The Labute approximate surface area is 118 Å². The first-order chi connectivity index (χ1) is 9.24. The first-order valence-electron chi connectivity index (χ1n) is 6.79. The number of primary amides is 1. The number of amides is 3. The van der Waals surface area contributed by atoms with Crippen LogP contribution in [-0.4, -0.2) is 47.5 Å². The molecule has 1 heterocycles. The van der Waals surface area contributed by atoms with Crippen LogP contribution >= 0.6 is 0 Å². The minimum absolute atomic E-state index is 0.0974. The maximum atomic E-state index is 11.9. The largest absolute Gasteiger partial charge is 0.481 e. The second-order valence-electron chi connectivity index (χ2n) is 5.82. The fourth-order valence-electron chi connectivity index (χ4n) is 2.18. The lowest BCUT2D eigenvalue weighted by molar-refractivity contribution is -0.137. The number of urea groups is 1. The summed E-state index contributed by atoms with van der Waals surface area (Å²) in [5.41, 5.74) is 4.68. The molecule has 0 aromatic rings. The van der Waals surface area contributed by atoms with E-state index in [1.54, 1.807) is 11.8 Å². The zero-order valence-electron chi connectivity index (χ0n) is 12.0. The van der Waals surface area contributed by atoms with Crippen molar-refractivity contribution >= 4 is 17.9 Å². The third-order valence-corrected chi connectivity index (χ3v) is 3.81. The summed E-state index contributed by atoms with van der Waals surface area (Å²) in [7, 11) is 0. The summed E-state index contributed by atoms with van der Waals surface area (Å²) in [6.07, 6.45) is 1.19. The number of hydrogen-bond donors (Lipinski definition) is 3. The molecule has 0 spiro atoms. The molecule has 0 aromatic heterocycles. The van der Waals surface area contributed by atoms with E-state index in [1.165, 1.54) is 0 Å². The van der Waals surface area contributed by atoms with Crippen LogP contribution in [0.15, 0.2) is 0 Å². The van der Waals surface area contributed by atoms with Crippen molar-refractivity contribution in [3.8, 4) is 0 Å². The van der Waals surface area contributed by atoms with Gasteiger partial charge in [-0.15, -0.1) is 0 Å². The molecule has 0 aliphatic carbocycles. The Morgan fingerprint density at radius 1 is 1.45 bits per heavy atom. The van der Waals surface area contributed by atoms with Crippen molar-refractivity contribution in [2.24, 2.45) is 17.1 Å². The number of carbonyl (C=O) groups excluding carboxylic acids is 2. The molecule has 0 bridgehead atoms. The molecule has 7 heteroatoms. The van der Waals surface area contributed by atoms with Gasteiger partial charge in [-0.1, -0.05) is 6.92 Å². The number of carboxylic acids is 1.